The fraction of sp³-hybridized carbons (Fsp3) is 0.833. The van der Waals surface area contributed by atoms with Gasteiger partial charge in [-0.25, -0.2) is 0 Å². The van der Waals surface area contributed by atoms with Gasteiger partial charge < -0.3 is 5.32 Å². The van der Waals surface area contributed by atoms with Gasteiger partial charge in [0, 0.05) is 17.7 Å². The summed E-state index contributed by atoms with van der Waals surface area (Å²) >= 11 is 2.01. The van der Waals surface area contributed by atoms with Crippen molar-refractivity contribution in [3.05, 3.63) is 0 Å². The summed E-state index contributed by atoms with van der Waals surface area (Å²) in [6, 6.07) is 0.733. The van der Waals surface area contributed by atoms with E-state index in [-0.39, 0.29) is 0 Å². The van der Waals surface area contributed by atoms with Crippen LogP contribution in [0.3, 0.4) is 0 Å². The van der Waals surface area contributed by atoms with Crippen LogP contribution in [-0.4, -0.2) is 24.1 Å². The molecule has 1 rings (SSSR count). The Balaban J connectivity index is 2.17. The minimum absolute atomic E-state index is 0.733. The number of thioether (sulfide) groups is 1. The topological polar surface area (TPSA) is 12.0 Å². The number of hydrogen-bond donors (Lipinski definition) is 1. The molecule has 0 amide bonds. The number of terminal acetylenes is 1. The second kappa shape index (κ2) is 7.20. The molecular formula is C12H21NS. The van der Waals surface area contributed by atoms with Gasteiger partial charge in [0.05, 0.1) is 0 Å². The van der Waals surface area contributed by atoms with Gasteiger partial charge in [0.15, 0.2) is 0 Å². The average molecular weight is 211 g/mol. The molecule has 0 aromatic carbocycles. The molecule has 1 saturated carbocycles. The van der Waals surface area contributed by atoms with E-state index >= 15 is 0 Å². The molecule has 1 N–H and O–H groups in total. The first-order valence-electron chi connectivity index (χ1n) is 5.58. The zero-order valence-corrected chi connectivity index (χ0v) is 9.91. The van der Waals surface area contributed by atoms with Crippen molar-refractivity contribution in [2.75, 3.05) is 12.8 Å². The maximum atomic E-state index is 5.22. The number of nitrogens with one attached hydrogen (secondary N) is 1. The highest BCUT2D eigenvalue weighted by molar-refractivity contribution is 7.99. The summed E-state index contributed by atoms with van der Waals surface area (Å²) in [5.41, 5.74) is 0. The third kappa shape index (κ3) is 3.94. The van der Waals surface area contributed by atoms with E-state index in [1.165, 1.54) is 25.7 Å². The molecule has 1 aliphatic rings. The predicted octanol–water partition coefficient (Wildman–Crippen LogP) is 2.66. The molecule has 0 radical (unpaired) electrons. The molecule has 0 heterocycles. The monoisotopic (exact) mass is 211 g/mol. The predicted molar refractivity (Wildman–Crippen MR) is 65.6 cm³/mol. The second-order valence-electron chi connectivity index (χ2n) is 3.93. The van der Waals surface area contributed by atoms with Crippen LogP contribution in [-0.2, 0) is 0 Å². The van der Waals surface area contributed by atoms with Crippen LogP contribution in [0.5, 0.6) is 0 Å². The third-order valence-electron chi connectivity index (χ3n) is 2.91. The molecule has 0 aliphatic heterocycles. The zero-order chi connectivity index (χ0) is 10.2. The van der Waals surface area contributed by atoms with Crippen molar-refractivity contribution in [2.45, 2.75) is 49.8 Å². The summed E-state index contributed by atoms with van der Waals surface area (Å²) in [4.78, 5) is 0. The summed E-state index contributed by atoms with van der Waals surface area (Å²) in [7, 11) is 0. The number of unbranched alkanes of at least 4 members (excludes halogenated alkanes) is 1. The van der Waals surface area contributed by atoms with Gasteiger partial charge in [0.2, 0.25) is 0 Å². The van der Waals surface area contributed by atoms with Gasteiger partial charge in [-0.2, -0.15) is 11.8 Å². The van der Waals surface area contributed by atoms with E-state index in [1.807, 2.05) is 11.8 Å². The van der Waals surface area contributed by atoms with Gasteiger partial charge in [0.25, 0.3) is 0 Å². The lowest BCUT2D eigenvalue weighted by molar-refractivity contribution is 0.383. The van der Waals surface area contributed by atoms with E-state index < -0.39 is 0 Å². The maximum absolute atomic E-state index is 5.22. The zero-order valence-electron chi connectivity index (χ0n) is 9.09. The molecule has 2 atom stereocenters. The van der Waals surface area contributed by atoms with Crippen LogP contribution in [0.2, 0.25) is 0 Å². The summed E-state index contributed by atoms with van der Waals surface area (Å²) in [6.45, 7) is 1.09. The first kappa shape index (κ1) is 11.9. The first-order valence-corrected chi connectivity index (χ1v) is 6.87. The Hall–Kier alpha value is -0.130. The molecule has 0 saturated heterocycles. The van der Waals surface area contributed by atoms with Crippen LogP contribution in [0.1, 0.15) is 38.5 Å². The van der Waals surface area contributed by atoms with Crippen molar-refractivity contribution in [1.29, 1.82) is 0 Å². The lowest BCUT2D eigenvalue weighted by Crippen LogP contribution is -2.40. The molecule has 2 heteroatoms. The molecule has 0 spiro atoms. The van der Waals surface area contributed by atoms with E-state index in [2.05, 4.69) is 17.5 Å². The van der Waals surface area contributed by atoms with E-state index in [9.17, 15) is 0 Å². The van der Waals surface area contributed by atoms with E-state index in [0.717, 1.165) is 30.7 Å². The van der Waals surface area contributed by atoms with Gasteiger partial charge in [-0.05, 0) is 32.1 Å². The Labute approximate surface area is 92.4 Å². The Morgan fingerprint density at radius 2 is 2.21 bits per heavy atom. The Bertz CT molecular complexity index is 185. The quantitative estimate of drug-likeness (QED) is 0.554. The summed E-state index contributed by atoms with van der Waals surface area (Å²) in [5.74, 6) is 2.69. The van der Waals surface area contributed by atoms with Gasteiger partial charge >= 0.3 is 0 Å². The van der Waals surface area contributed by atoms with Crippen molar-refractivity contribution >= 4 is 11.8 Å². The van der Waals surface area contributed by atoms with E-state index in [0.29, 0.717) is 0 Å². The van der Waals surface area contributed by atoms with Crippen LogP contribution in [0.25, 0.3) is 0 Å². The highest BCUT2D eigenvalue weighted by atomic mass is 32.2. The number of hydrogen-bond acceptors (Lipinski definition) is 2. The Morgan fingerprint density at radius 3 is 2.93 bits per heavy atom. The highest BCUT2D eigenvalue weighted by Gasteiger charge is 2.23. The van der Waals surface area contributed by atoms with Crippen molar-refractivity contribution in [3.8, 4) is 12.3 Å². The fourth-order valence-electron chi connectivity index (χ4n) is 2.09. The minimum Gasteiger partial charge on any atom is -0.313 e. The molecule has 1 aliphatic carbocycles. The lowest BCUT2D eigenvalue weighted by atomic mass is 9.95. The fourth-order valence-corrected chi connectivity index (χ4v) is 3.05. The van der Waals surface area contributed by atoms with Crippen molar-refractivity contribution in [1.82, 2.24) is 5.32 Å². The number of rotatable bonds is 5. The molecule has 14 heavy (non-hydrogen) atoms. The van der Waals surface area contributed by atoms with Crippen LogP contribution in [0, 0.1) is 12.3 Å². The normalized spacial score (nSPS) is 27.1. The molecular weight excluding hydrogens is 190 g/mol. The molecule has 1 fully saturated rings. The van der Waals surface area contributed by atoms with Crippen LogP contribution in [0.4, 0.5) is 0 Å². The van der Waals surface area contributed by atoms with Crippen LogP contribution in [0.15, 0.2) is 0 Å². The highest BCUT2D eigenvalue weighted by Crippen LogP contribution is 2.26. The summed E-state index contributed by atoms with van der Waals surface area (Å²) in [5, 5.41) is 4.47. The van der Waals surface area contributed by atoms with E-state index in [4.69, 9.17) is 6.42 Å². The van der Waals surface area contributed by atoms with Crippen LogP contribution < -0.4 is 5.32 Å². The SMILES string of the molecule is C#CCCCNC1CCCCC1SC. The average Bonchev–Trinajstić information content (AvgIpc) is 2.25. The molecule has 1 nitrogen and oxygen atoms in total. The smallest absolute Gasteiger partial charge is 0.0198 e. The van der Waals surface area contributed by atoms with Gasteiger partial charge in [-0.3, -0.25) is 0 Å². The minimum atomic E-state index is 0.733. The van der Waals surface area contributed by atoms with Crippen molar-refractivity contribution in [2.24, 2.45) is 0 Å². The second-order valence-corrected chi connectivity index (χ2v) is 5.00. The largest absolute Gasteiger partial charge is 0.313 e. The standard InChI is InChI=1S/C12H21NS/c1-3-4-7-10-13-11-8-5-6-9-12(11)14-2/h1,11-13H,4-10H2,2H3. The lowest BCUT2D eigenvalue weighted by Gasteiger charge is -2.31. The molecule has 0 aromatic heterocycles. The van der Waals surface area contributed by atoms with Gasteiger partial charge in [-0.15, -0.1) is 12.3 Å². The van der Waals surface area contributed by atoms with Crippen LogP contribution >= 0.6 is 11.8 Å². The summed E-state index contributed by atoms with van der Waals surface area (Å²) in [6.07, 6.45) is 15.0. The van der Waals surface area contributed by atoms with Crippen molar-refractivity contribution in [3.63, 3.8) is 0 Å². The maximum Gasteiger partial charge on any atom is 0.0198 e. The molecule has 80 valence electrons. The molecule has 0 aromatic rings. The Morgan fingerprint density at radius 1 is 1.43 bits per heavy atom. The first-order chi connectivity index (χ1) is 6.88. The van der Waals surface area contributed by atoms with Gasteiger partial charge in [-0.1, -0.05) is 12.8 Å². The molecule has 2 unspecified atom stereocenters. The van der Waals surface area contributed by atoms with Crippen molar-refractivity contribution < 1.29 is 0 Å². The summed E-state index contributed by atoms with van der Waals surface area (Å²) < 4.78 is 0. The molecule has 0 bridgehead atoms. The Kier molecular flexibility index (Phi) is 6.14. The third-order valence-corrected chi connectivity index (χ3v) is 4.08. The van der Waals surface area contributed by atoms with E-state index in [1.54, 1.807) is 0 Å². The van der Waals surface area contributed by atoms with Gasteiger partial charge in [0.1, 0.15) is 0 Å².